The van der Waals surface area contributed by atoms with Crippen molar-refractivity contribution < 1.29 is 9.59 Å². The molecule has 1 aromatic heterocycles. The van der Waals surface area contributed by atoms with Gasteiger partial charge in [0.15, 0.2) is 0 Å². The molecule has 0 aromatic carbocycles. The highest BCUT2D eigenvalue weighted by molar-refractivity contribution is 7.12. The third-order valence-corrected chi connectivity index (χ3v) is 3.42. The highest BCUT2D eigenvalue weighted by Crippen LogP contribution is 2.12. The number of hydrogen-bond donors (Lipinski definition) is 1. The first kappa shape index (κ1) is 14.7. The molecule has 0 radical (unpaired) electrons. The molecule has 1 rings (SSSR count). The lowest BCUT2D eigenvalue weighted by Gasteiger charge is -2.35. The Morgan fingerprint density at radius 1 is 1.39 bits per heavy atom. The van der Waals surface area contributed by atoms with E-state index in [9.17, 15) is 9.59 Å². The molecular formula is C13H20N2O2S. The molecule has 1 aromatic rings. The van der Waals surface area contributed by atoms with Crippen LogP contribution in [0.4, 0.5) is 0 Å². The zero-order valence-corrected chi connectivity index (χ0v) is 12.1. The van der Waals surface area contributed by atoms with Crippen molar-refractivity contribution >= 4 is 23.2 Å². The lowest BCUT2D eigenvalue weighted by atomic mass is 10.1. The Labute approximate surface area is 112 Å². The Morgan fingerprint density at radius 3 is 2.50 bits per heavy atom. The lowest BCUT2D eigenvalue weighted by molar-refractivity contribution is -0.133. The van der Waals surface area contributed by atoms with Crippen LogP contribution in [0.1, 0.15) is 37.4 Å². The molecule has 18 heavy (non-hydrogen) atoms. The van der Waals surface area contributed by atoms with Crippen LogP contribution in [0, 0.1) is 0 Å². The van der Waals surface area contributed by atoms with Gasteiger partial charge >= 0.3 is 0 Å². The molecule has 0 spiro atoms. The highest BCUT2D eigenvalue weighted by atomic mass is 32.1. The fourth-order valence-electron chi connectivity index (χ4n) is 1.74. The summed E-state index contributed by atoms with van der Waals surface area (Å²) in [6.45, 7) is 8.48. The van der Waals surface area contributed by atoms with Crippen LogP contribution in [0.3, 0.4) is 0 Å². The van der Waals surface area contributed by atoms with Gasteiger partial charge in [-0.05, 0) is 32.2 Å². The molecule has 0 bridgehead atoms. The summed E-state index contributed by atoms with van der Waals surface area (Å²) in [5.74, 6) is -0.0599. The Bertz CT molecular complexity index is 407. The van der Waals surface area contributed by atoms with Crippen LogP contribution in [0.2, 0.25) is 0 Å². The van der Waals surface area contributed by atoms with Crippen LogP contribution < -0.4 is 5.32 Å². The first-order valence-electron chi connectivity index (χ1n) is 5.92. The van der Waals surface area contributed by atoms with E-state index in [1.54, 1.807) is 17.9 Å². The smallest absolute Gasteiger partial charge is 0.261 e. The van der Waals surface area contributed by atoms with Crippen LogP contribution in [0.5, 0.6) is 0 Å². The van der Waals surface area contributed by atoms with Crippen molar-refractivity contribution in [1.82, 2.24) is 10.2 Å². The Balaban J connectivity index is 2.45. The minimum Gasteiger partial charge on any atom is -0.350 e. The van der Waals surface area contributed by atoms with Gasteiger partial charge in [-0.3, -0.25) is 9.59 Å². The van der Waals surface area contributed by atoms with E-state index in [1.165, 1.54) is 11.3 Å². The third-order valence-electron chi connectivity index (χ3n) is 2.56. The number of carbonyl (C=O) groups excluding carboxylic acids is 2. The second-order valence-corrected chi connectivity index (χ2v) is 6.02. The van der Waals surface area contributed by atoms with Crippen LogP contribution in [-0.4, -0.2) is 35.3 Å². The fourth-order valence-corrected chi connectivity index (χ4v) is 2.38. The predicted molar refractivity (Wildman–Crippen MR) is 73.8 cm³/mol. The first-order chi connectivity index (χ1) is 8.32. The molecule has 0 saturated carbocycles. The number of hydrogen-bond acceptors (Lipinski definition) is 3. The van der Waals surface area contributed by atoms with Gasteiger partial charge in [0.05, 0.1) is 4.88 Å². The maximum atomic E-state index is 11.7. The van der Waals surface area contributed by atoms with Gasteiger partial charge in [-0.15, -0.1) is 11.3 Å². The van der Waals surface area contributed by atoms with E-state index in [-0.39, 0.29) is 17.4 Å². The van der Waals surface area contributed by atoms with Crippen molar-refractivity contribution in [3.63, 3.8) is 0 Å². The van der Waals surface area contributed by atoms with Crippen LogP contribution >= 0.6 is 11.3 Å². The normalized spacial score (nSPS) is 11.1. The van der Waals surface area contributed by atoms with E-state index in [2.05, 4.69) is 5.32 Å². The Kier molecular flexibility index (Phi) is 4.90. The van der Waals surface area contributed by atoms with Gasteiger partial charge in [0.1, 0.15) is 0 Å². The summed E-state index contributed by atoms with van der Waals surface area (Å²) < 4.78 is 0. The maximum Gasteiger partial charge on any atom is 0.261 e. The molecule has 0 fully saturated rings. The summed E-state index contributed by atoms with van der Waals surface area (Å²) >= 11 is 1.41. The predicted octanol–water partition coefficient (Wildman–Crippen LogP) is 2.12. The van der Waals surface area contributed by atoms with Gasteiger partial charge in [0, 0.05) is 25.6 Å². The van der Waals surface area contributed by atoms with Gasteiger partial charge < -0.3 is 10.2 Å². The van der Waals surface area contributed by atoms with Crippen molar-refractivity contribution in [2.45, 2.75) is 33.2 Å². The van der Waals surface area contributed by atoms with Gasteiger partial charge in [0.25, 0.3) is 5.91 Å². The molecule has 0 unspecified atom stereocenters. The monoisotopic (exact) mass is 268 g/mol. The van der Waals surface area contributed by atoms with Crippen LogP contribution in [-0.2, 0) is 4.79 Å². The summed E-state index contributed by atoms with van der Waals surface area (Å²) in [7, 11) is 0. The SMILES string of the molecule is CC(=O)N(CCNC(=O)c1cccs1)C(C)(C)C. The van der Waals surface area contributed by atoms with Crippen molar-refractivity contribution in [1.29, 1.82) is 0 Å². The van der Waals surface area contributed by atoms with Gasteiger partial charge in [-0.2, -0.15) is 0 Å². The number of thiophene rings is 1. The molecular weight excluding hydrogens is 248 g/mol. The summed E-state index contributed by atoms with van der Waals surface area (Å²) in [4.78, 5) is 25.7. The largest absolute Gasteiger partial charge is 0.350 e. The van der Waals surface area contributed by atoms with E-state index in [0.717, 1.165) is 0 Å². The maximum absolute atomic E-state index is 11.7. The van der Waals surface area contributed by atoms with E-state index in [1.807, 2.05) is 32.2 Å². The lowest BCUT2D eigenvalue weighted by Crippen LogP contribution is -2.48. The van der Waals surface area contributed by atoms with Gasteiger partial charge in [-0.1, -0.05) is 6.07 Å². The number of nitrogens with one attached hydrogen (secondary N) is 1. The molecule has 0 aliphatic rings. The number of amides is 2. The Morgan fingerprint density at radius 2 is 2.06 bits per heavy atom. The molecule has 2 amide bonds. The van der Waals surface area contributed by atoms with E-state index >= 15 is 0 Å². The fraction of sp³-hybridized carbons (Fsp3) is 0.538. The molecule has 1 N–H and O–H groups in total. The van der Waals surface area contributed by atoms with Crippen LogP contribution in [0.15, 0.2) is 17.5 Å². The van der Waals surface area contributed by atoms with Crippen molar-refractivity contribution in [2.75, 3.05) is 13.1 Å². The summed E-state index contributed by atoms with van der Waals surface area (Å²) in [6, 6.07) is 3.63. The van der Waals surface area contributed by atoms with Crippen molar-refractivity contribution in [2.24, 2.45) is 0 Å². The summed E-state index contributed by atoms with van der Waals surface area (Å²) in [5.41, 5.74) is -0.223. The van der Waals surface area contributed by atoms with Crippen molar-refractivity contribution in [3.05, 3.63) is 22.4 Å². The molecule has 0 atom stereocenters. The second kappa shape index (κ2) is 6.00. The molecule has 100 valence electrons. The first-order valence-corrected chi connectivity index (χ1v) is 6.80. The Hall–Kier alpha value is -1.36. The highest BCUT2D eigenvalue weighted by Gasteiger charge is 2.23. The van der Waals surface area contributed by atoms with Gasteiger partial charge in [-0.25, -0.2) is 0 Å². The zero-order chi connectivity index (χ0) is 13.8. The standard InChI is InChI=1S/C13H20N2O2S/c1-10(16)15(13(2,3)4)8-7-14-12(17)11-6-5-9-18-11/h5-6,9H,7-8H2,1-4H3,(H,14,17). The van der Waals surface area contributed by atoms with E-state index < -0.39 is 0 Å². The molecule has 0 saturated heterocycles. The minimum atomic E-state index is -0.223. The molecule has 1 heterocycles. The van der Waals surface area contributed by atoms with Gasteiger partial charge in [0.2, 0.25) is 5.91 Å². The minimum absolute atomic E-state index is 0.0212. The topological polar surface area (TPSA) is 49.4 Å². The van der Waals surface area contributed by atoms with E-state index in [0.29, 0.717) is 18.0 Å². The molecule has 4 nitrogen and oxygen atoms in total. The quantitative estimate of drug-likeness (QED) is 0.909. The summed E-state index contributed by atoms with van der Waals surface area (Å²) in [6.07, 6.45) is 0. The number of carbonyl (C=O) groups is 2. The average molecular weight is 268 g/mol. The molecule has 0 aliphatic carbocycles. The zero-order valence-electron chi connectivity index (χ0n) is 11.3. The average Bonchev–Trinajstić information content (AvgIpc) is 2.74. The number of rotatable bonds is 4. The van der Waals surface area contributed by atoms with E-state index in [4.69, 9.17) is 0 Å². The third kappa shape index (κ3) is 4.14. The molecule has 5 heteroatoms. The van der Waals surface area contributed by atoms with Crippen LogP contribution in [0.25, 0.3) is 0 Å². The number of nitrogens with zero attached hydrogens (tertiary/aromatic N) is 1. The van der Waals surface area contributed by atoms with Crippen molar-refractivity contribution in [3.8, 4) is 0 Å². The summed E-state index contributed by atoms with van der Waals surface area (Å²) in [5, 5.41) is 4.69. The second-order valence-electron chi connectivity index (χ2n) is 5.07. The molecule has 0 aliphatic heterocycles.